The zero-order chi connectivity index (χ0) is 15.2. The highest BCUT2D eigenvalue weighted by molar-refractivity contribution is 6.31. The van der Waals surface area contributed by atoms with Crippen molar-refractivity contribution in [3.05, 3.63) is 64.7 Å². The van der Waals surface area contributed by atoms with Crippen molar-refractivity contribution in [2.24, 2.45) is 0 Å². The first-order valence-corrected chi connectivity index (χ1v) is 6.91. The van der Waals surface area contributed by atoms with E-state index in [1.165, 1.54) is 6.07 Å². The minimum atomic E-state index is -0.855. The molecular weight excluding hydrogens is 290 g/mol. The van der Waals surface area contributed by atoms with Gasteiger partial charge in [0.1, 0.15) is 5.75 Å². The van der Waals surface area contributed by atoms with Crippen molar-refractivity contribution in [2.75, 3.05) is 6.54 Å². The highest BCUT2D eigenvalue weighted by Crippen LogP contribution is 2.21. The molecule has 5 heteroatoms. The number of carbonyl (C=O) groups is 1. The molecule has 0 saturated carbocycles. The molecule has 3 N–H and O–H groups in total. The minimum Gasteiger partial charge on any atom is -0.508 e. The number of aliphatic hydroxyl groups excluding tert-OH is 1. The summed E-state index contributed by atoms with van der Waals surface area (Å²) >= 11 is 5.98. The maximum Gasteiger partial charge on any atom is 0.224 e. The van der Waals surface area contributed by atoms with Gasteiger partial charge in [0.2, 0.25) is 5.91 Å². The van der Waals surface area contributed by atoms with Crippen LogP contribution in [0.1, 0.15) is 17.2 Å². The van der Waals surface area contributed by atoms with Crippen LogP contribution in [0.2, 0.25) is 5.02 Å². The molecule has 0 unspecified atom stereocenters. The predicted molar refractivity (Wildman–Crippen MR) is 81.2 cm³/mol. The van der Waals surface area contributed by atoms with Crippen molar-refractivity contribution in [1.82, 2.24) is 5.32 Å². The van der Waals surface area contributed by atoms with E-state index in [4.69, 9.17) is 11.6 Å². The summed E-state index contributed by atoms with van der Waals surface area (Å²) in [6, 6.07) is 13.5. The zero-order valence-corrected chi connectivity index (χ0v) is 12.0. The second-order valence-electron chi connectivity index (χ2n) is 4.69. The molecule has 2 aromatic carbocycles. The monoisotopic (exact) mass is 305 g/mol. The number of phenolic OH excluding ortho intramolecular Hbond substituents is 1. The van der Waals surface area contributed by atoms with Crippen molar-refractivity contribution < 1.29 is 15.0 Å². The van der Waals surface area contributed by atoms with E-state index in [9.17, 15) is 15.0 Å². The molecule has 0 aliphatic rings. The molecule has 0 spiro atoms. The SMILES string of the molecule is O=C(Cc1cccc(O)c1)NC[C@@H](O)c1ccccc1Cl. The van der Waals surface area contributed by atoms with Crippen molar-refractivity contribution >= 4 is 17.5 Å². The quantitative estimate of drug-likeness (QED) is 0.794. The molecule has 0 aliphatic heterocycles. The number of nitrogens with one attached hydrogen (secondary N) is 1. The van der Waals surface area contributed by atoms with Gasteiger partial charge in [-0.25, -0.2) is 0 Å². The normalized spacial score (nSPS) is 11.9. The molecule has 2 aromatic rings. The second-order valence-corrected chi connectivity index (χ2v) is 5.10. The van der Waals surface area contributed by atoms with Gasteiger partial charge in [0.15, 0.2) is 0 Å². The number of hydrogen-bond donors (Lipinski definition) is 3. The molecular formula is C16H16ClNO3. The number of hydrogen-bond acceptors (Lipinski definition) is 3. The van der Waals surface area contributed by atoms with Gasteiger partial charge in [0, 0.05) is 17.1 Å². The maximum atomic E-state index is 11.8. The summed E-state index contributed by atoms with van der Waals surface area (Å²) in [5, 5.41) is 22.5. The predicted octanol–water partition coefficient (Wildman–Crippen LogP) is 2.44. The van der Waals surface area contributed by atoms with E-state index in [2.05, 4.69) is 5.32 Å². The summed E-state index contributed by atoms with van der Waals surface area (Å²) in [6.07, 6.45) is -0.712. The molecule has 2 rings (SSSR count). The van der Waals surface area contributed by atoms with Crippen LogP contribution < -0.4 is 5.32 Å². The number of aromatic hydroxyl groups is 1. The van der Waals surface area contributed by atoms with Crippen LogP contribution in [0.4, 0.5) is 0 Å². The Labute approximate surface area is 128 Å². The fraction of sp³-hybridized carbons (Fsp3) is 0.188. The molecule has 1 atom stereocenters. The Morgan fingerprint density at radius 1 is 1.19 bits per heavy atom. The van der Waals surface area contributed by atoms with E-state index >= 15 is 0 Å². The summed E-state index contributed by atoms with van der Waals surface area (Å²) < 4.78 is 0. The van der Waals surface area contributed by atoms with Crippen molar-refractivity contribution in [3.63, 3.8) is 0 Å². The van der Waals surface area contributed by atoms with E-state index in [0.717, 1.165) is 0 Å². The van der Waals surface area contributed by atoms with Crippen LogP contribution in [0.5, 0.6) is 5.75 Å². The Morgan fingerprint density at radius 3 is 2.67 bits per heavy atom. The third kappa shape index (κ3) is 4.48. The number of amides is 1. The van der Waals surface area contributed by atoms with Crippen LogP contribution in [0.15, 0.2) is 48.5 Å². The zero-order valence-electron chi connectivity index (χ0n) is 11.3. The largest absolute Gasteiger partial charge is 0.508 e. The van der Waals surface area contributed by atoms with Crippen molar-refractivity contribution in [3.8, 4) is 5.75 Å². The average Bonchev–Trinajstić information content (AvgIpc) is 2.45. The van der Waals surface area contributed by atoms with Crippen molar-refractivity contribution in [1.29, 1.82) is 0 Å². The summed E-state index contributed by atoms with van der Waals surface area (Å²) in [7, 11) is 0. The van der Waals surface area contributed by atoms with E-state index in [1.807, 2.05) is 0 Å². The molecule has 0 aromatic heterocycles. The second kappa shape index (κ2) is 7.11. The number of benzene rings is 2. The smallest absolute Gasteiger partial charge is 0.224 e. The van der Waals surface area contributed by atoms with E-state index in [0.29, 0.717) is 16.1 Å². The number of phenols is 1. The van der Waals surface area contributed by atoms with Crippen LogP contribution >= 0.6 is 11.6 Å². The summed E-state index contributed by atoms with van der Waals surface area (Å²) in [4.78, 5) is 11.8. The van der Waals surface area contributed by atoms with Gasteiger partial charge in [-0.15, -0.1) is 0 Å². The topological polar surface area (TPSA) is 69.6 Å². The fourth-order valence-electron chi connectivity index (χ4n) is 1.98. The number of rotatable bonds is 5. The van der Waals surface area contributed by atoms with Crippen LogP contribution in [0.25, 0.3) is 0 Å². The lowest BCUT2D eigenvalue weighted by molar-refractivity contribution is -0.120. The molecule has 0 fully saturated rings. The standard InChI is InChI=1S/C16H16ClNO3/c17-14-7-2-1-6-13(14)15(20)10-18-16(21)9-11-4-3-5-12(19)8-11/h1-8,15,19-20H,9-10H2,(H,18,21)/t15-/m1/s1. The van der Waals surface area contributed by atoms with Crippen LogP contribution in [0.3, 0.4) is 0 Å². The van der Waals surface area contributed by atoms with E-state index in [1.54, 1.807) is 42.5 Å². The number of carbonyl (C=O) groups excluding carboxylic acids is 1. The van der Waals surface area contributed by atoms with Gasteiger partial charge in [-0.2, -0.15) is 0 Å². The lowest BCUT2D eigenvalue weighted by atomic mass is 10.1. The molecule has 0 radical (unpaired) electrons. The molecule has 0 bridgehead atoms. The summed E-state index contributed by atoms with van der Waals surface area (Å²) in [5.74, 6) is -0.108. The third-order valence-electron chi connectivity index (χ3n) is 3.03. The van der Waals surface area contributed by atoms with Gasteiger partial charge in [-0.3, -0.25) is 4.79 Å². The lowest BCUT2D eigenvalue weighted by Crippen LogP contribution is -2.29. The molecule has 21 heavy (non-hydrogen) atoms. The van der Waals surface area contributed by atoms with E-state index < -0.39 is 6.10 Å². The Kier molecular flexibility index (Phi) is 5.20. The maximum absolute atomic E-state index is 11.8. The van der Waals surface area contributed by atoms with Gasteiger partial charge < -0.3 is 15.5 Å². The van der Waals surface area contributed by atoms with Gasteiger partial charge in [-0.05, 0) is 23.8 Å². The Morgan fingerprint density at radius 2 is 1.95 bits per heavy atom. The van der Waals surface area contributed by atoms with E-state index in [-0.39, 0.29) is 24.6 Å². The van der Waals surface area contributed by atoms with Crippen molar-refractivity contribution in [2.45, 2.75) is 12.5 Å². The highest BCUT2D eigenvalue weighted by atomic mass is 35.5. The molecule has 4 nitrogen and oxygen atoms in total. The Balaban J connectivity index is 1.88. The molecule has 0 heterocycles. The molecule has 1 amide bonds. The third-order valence-corrected chi connectivity index (χ3v) is 3.38. The average molecular weight is 306 g/mol. The Bertz CT molecular complexity index is 630. The first-order chi connectivity index (χ1) is 10.1. The van der Waals surface area contributed by atoms with Crippen LogP contribution in [0, 0.1) is 0 Å². The fourth-order valence-corrected chi connectivity index (χ4v) is 2.24. The summed E-state index contributed by atoms with van der Waals surface area (Å²) in [5.41, 5.74) is 1.29. The number of halogens is 1. The van der Waals surface area contributed by atoms with Crippen LogP contribution in [-0.4, -0.2) is 22.7 Å². The van der Waals surface area contributed by atoms with Gasteiger partial charge in [0.05, 0.1) is 12.5 Å². The van der Waals surface area contributed by atoms with Gasteiger partial charge >= 0.3 is 0 Å². The minimum absolute atomic E-state index is 0.0847. The molecule has 0 aliphatic carbocycles. The first-order valence-electron chi connectivity index (χ1n) is 6.53. The highest BCUT2D eigenvalue weighted by Gasteiger charge is 2.12. The summed E-state index contributed by atoms with van der Waals surface area (Å²) in [6.45, 7) is 0.0847. The van der Waals surface area contributed by atoms with Gasteiger partial charge in [0.25, 0.3) is 0 Å². The molecule has 110 valence electrons. The number of aliphatic hydroxyl groups is 1. The first kappa shape index (κ1) is 15.4. The Hall–Kier alpha value is -2.04. The molecule has 0 saturated heterocycles. The van der Waals surface area contributed by atoms with Crippen LogP contribution in [-0.2, 0) is 11.2 Å². The lowest BCUT2D eigenvalue weighted by Gasteiger charge is -2.13. The van der Waals surface area contributed by atoms with Gasteiger partial charge in [-0.1, -0.05) is 41.9 Å².